The Labute approximate surface area is 117 Å². The lowest BCUT2D eigenvalue weighted by atomic mass is 9.67. The standard InChI is InChI=1S/C18H38/c1-10-14(5)15(6)16(7)17(13(3)4)12-18(8,9)11-2/h13-17H,10-12H2,1-9H3. The highest BCUT2D eigenvalue weighted by atomic mass is 14.4. The van der Waals surface area contributed by atoms with E-state index in [1.165, 1.54) is 19.3 Å². The van der Waals surface area contributed by atoms with Gasteiger partial charge in [0.05, 0.1) is 0 Å². The van der Waals surface area contributed by atoms with Crippen molar-refractivity contribution in [2.75, 3.05) is 0 Å². The maximum Gasteiger partial charge on any atom is -0.0354 e. The third kappa shape index (κ3) is 5.33. The van der Waals surface area contributed by atoms with Crippen LogP contribution in [0.1, 0.15) is 81.6 Å². The van der Waals surface area contributed by atoms with E-state index >= 15 is 0 Å². The Morgan fingerprint density at radius 2 is 1.33 bits per heavy atom. The molecule has 4 unspecified atom stereocenters. The van der Waals surface area contributed by atoms with Crippen molar-refractivity contribution >= 4 is 0 Å². The molecule has 4 atom stereocenters. The second-order valence-electron chi connectivity index (χ2n) is 7.73. The van der Waals surface area contributed by atoms with Crippen molar-refractivity contribution in [1.29, 1.82) is 0 Å². The molecule has 0 heteroatoms. The summed E-state index contributed by atoms with van der Waals surface area (Å²) in [7, 11) is 0. The smallest absolute Gasteiger partial charge is 0.0354 e. The summed E-state index contributed by atoms with van der Waals surface area (Å²) < 4.78 is 0. The van der Waals surface area contributed by atoms with Crippen LogP contribution in [0, 0.1) is 35.0 Å². The molecule has 0 N–H and O–H groups in total. The summed E-state index contributed by atoms with van der Waals surface area (Å²) in [6.45, 7) is 21.7. The molecule has 0 rings (SSSR count). The van der Waals surface area contributed by atoms with Gasteiger partial charge in [-0.05, 0) is 41.4 Å². The van der Waals surface area contributed by atoms with E-state index in [1.54, 1.807) is 0 Å². The first-order chi connectivity index (χ1) is 8.16. The van der Waals surface area contributed by atoms with Crippen LogP contribution in [0.5, 0.6) is 0 Å². The second-order valence-corrected chi connectivity index (χ2v) is 7.73. The summed E-state index contributed by atoms with van der Waals surface area (Å²) in [6, 6.07) is 0. The van der Waals surface area contributed by atoms with Crippen LogP contribution in [0.3, 0.4) is 0 Å². The van der Waals surface area contributed by atoms with Gasteiger partial charge in [0.15, 0.2) is 0 Å². The molecular weight excluding hydrogens is 216 g/mol. The summed E-state index contributed by atoms with van der Waals surface area (Å²) in [6.07, 6.45) is 3.98. The Kier molecular flexibility index (Phi) is 7.56. The number of hydrogen-bond donors (Lipinski definition) is 0. The minimum Gasteiger partial charge on any atom is -0.0651 e. The van der Waals surface area contributed by atoms with Crippen molar-refractivity contribution in [2.45, 2.75) is 81.6 Å². The quantitative estimate of drug-likeness (QED) is 0.470. The molecule has 0 bridgehead atoms. The summed E-state index contributed by atoms with van der Waals surface area (Å²) in [4.78, 5) is 0. The van der Waals surface area contributed by atoms with E-state index in [2.05, 4.69) is 62.3 Å². The fourth-order valence-electron chi connectivity index (χ4n) is 3.09. The van der Waals surface area contributed by atoms with Gasteiger partial charge in [-0.1, -0.05) is 75.2 Å². The molecular formula is C18H38. The van der Waals surface area contributed by atoms with Crippen LogP contribution in [-0.2, 0) is 0 Å². The molecule has 110 valence electrons. The molecule has 0 amide bonds. The molecule has 18 heavy (non-hydrogen) atoms. The zero-order valence-corrected chi connectivity index (χ0v) is 14.5. The maximum absolute atomic E-state index is 2.49. The summed E-state index contributed by atoms with van der Waals surface area (Å²) in [5, 5.41) is 0. The molecule has 0 fully saturated rings. The van der Waals surface area contributed by atoms with E-state index in [1.807, 2.05) is 0 Å². The molecule has 0 aromatic rings. The zero-order chi connectivity index (χ0) is 14.5. The van der Waals surface area contributed by atoms with E-state index in [0.717, 1.165) is 29.6 Å². The van der Waals surface area contributed by atoms with Crippen LogP contribution in [0.2, 0.25) is 0 Å². The normalized spacial score (nSPS) is 19.7. The highest BCUT2D eigenvalue weighted by Crippen LogP contribution is 2.40. The van der Waals surface area contributed by atoms with Gasteiger partial charge in [-0.3, -0.25) is 0 Å². The van der Waals surface area contributed by atoms with Crippen LogP contribution in [0.25, 0.3) is 0 Å². The van der Waals surface area contributed by atoms with Gasteiger partial charge in [0.2, 0.25) is 0 Å². The lowest BCUT2D eigenvalue weighted by Gasteiger charge is -2.39. The molecule has 0 radical (unpaired) electrons. The van der Waals surface area contributed by atoms with Crippen molar-refractivity contribution in [2.24, 2.45) is 35.0 Å². The molecule has 0 nitrogen and oxygen atoms in total. The molecule has 0 saturated carbocycles. The van der Waals surface area contributed by atoms with Crippen molar-refractivity contribution in [3.8, 4) is 0 Å². The van der Waals surface area contributed by atoms with Crippen molar-refractivity contribution in [1.82, 2.24) is 0 Å². The minimum absolute atomic E-state index is 0.498. The van der Waals surface area contributed by atoms with Crippen LogP contribution in [0.15, 0.2) is 0 Å². The fourth-order valence-corrected chi connectivity index (χ4v) is 3.09. The lowest BCUT2D eigenvalue weighted by molar-refractivity contribution is 0.108. The summed E-state index contributed by atoms with van der Waals surface area (Å²) >= 11 is 0. The van der Waals surface area contributed by atoms with Crippen molar-refractivity contribution in [3.63, 3.8) is 0 Å². The van der Waals surface area contributed by atoms with Gasteiger partial charge in [-0.2, -0.15) is 0 Å². The largest absolute Gasteiger partial charge is 0.0651 e. The highest BCUT2D eigenvalue weighted by Gasteiger charge is 2.31. The lowest BCUT2D eigenvalue weighted by Crippen LogP contribution is -2.31. The molecule has 0 heterocycles. The van der Waals surface area contributed by atoms with E-state index in [0.29, 0.717) is 5.41 Å². The third-order valence-corrected chi connectivity index (χ3v) is 5.65. The first kappa shape index (κ1) is 18.0. The van der Waals surface area contributed by atoms with Crippen LogP contribution in [-0.4, -0.2) is 0 Å². The van der Waals surface area contributed by atoms with E-state index in [-0.39, 0.29) is 0 Å². The molecule has 0 aliphatic rings. The molecule has 0 aromatic heterocycles. The average Bonchev–Trinajstić information content (AvgIpc) is 2.32. The van der Waals surface area contributed by atoms with Gasteiger partial charge in [-0.25, -0.2) is 0 Å². The minimum atomic E-state index is 0.498. The molecule has 0 spiro atoms. The van der Waals surface area contributed by atoms with Crippen molar-refractivity contribution in [3.05, 3.63) is 0 Å². The topological polar surface area (TPSA) is 0 Å². The highest BCUT2D eigenvalue weighted by molar-refractivity contribution is 4.81. The van der Waals surface area contributed by atoms with Gasteiger partial charge in [0.1, 0.15) is 0 Å². The first-order valence-electron chi connectivity index (χ1n) is 8.16. The van der Waals surface area contributed by atoms with Crippen LogP contribution >= 0.6 is 0 Å². The van der Waals surface area contributed by atoms with Gasteiger partial charge in [-0.15, -0.1) is 0 Å². The third-order valence-electron chi connectivity index (χ3n) is 5.65. The summed E-state index contributed by atoms with van der Waals surface area (Å²) in [5.74, 6) is 4.20. The fraction of sp³-hybridized carbons (Fsp3) is 1.00. The Hall–Kier alpha value is 0. The average molecular weight is 255 g/mol. The van der Waals surface area contributed by atoms with Crippen LogP contribution < -0.4 is 0 Å². The Morgan fingerprint density at radius 3 is 1.67 bits per heavy atom. The summed E-state index contributed by atoms with van der Waals surface area (Å²) in [5.41, 5.74) is 0.498. The predicted octanol–water partition coefficient (Wildman–Crippen LogP) is 6.40. The zero-order valence-electron chi connectivity index (χ0n) is 14.5. The Bertz CT molecular complexity index is 214. The van der Waals surface area contributed by atoms with E-state index in [9.17, 15) is 0 Å². The SMILES string of the molecule is CCC(C)C(C)C(C)C(CC(C)(C)CC)C(C)C. The van der Waals surface area contributed by atoms with E-state index in [4.69, 9.17) is 0 Å². The second kappa shape index (κ2) is 7.56. The predicted molar refractivity (Wildman–Crippen MR) is 84.8 cm³/mol. The maximum atomic E-state index is 2.49. The number of rotatable bonds is 8. The monoisotopic (exact) mass is 254 g/mol. The Balaban J connectivity index is 4.79. The Morgan fingerprint density at radius 1 is 0.833 bits per heavy atom. The molecule has 0 aliphatic heterocycles. The van der Waals surface area contributed by atoms with Gasteiger partial charge >= 0.3 is 0 Å². The van der Waals surface area contributed by atoms with Gasteiger partial charge in [0.25, 0.3) is 0 Å². The van der Waals surface area contributed by atoms with E-state index < -0.39 is 0 Å². The number of hydrogen-bond acceptors (Lipinski definition) is 0. The van der Waals surface area contributed by atoms with Crippen LogP contribution in [0.4, 0.5) is 0 Å². The van der Waals surface area contributed by atoms with Gasteiger partial charge < -0.3 is 0 Å². The molecule has 0 aliphatic carbocycles. The van der Waals surface area contributed by atoms with Crippen molar-refractivity contribution < 1.29 is 0 Å². The first-order valence-corrected chi connectivity index (χ1v) is 8.16. The molecule has 0 aromatic carbocycles. The van der Waals surface area contributed by atoms with Gasteiger partial charge in [0, 0.05) is 0 Å². The molecule has 0 saturated heterocycles.